The fraction of sp³-hybridized carbons (Fsp3) is 0.588. The van der Waals surface area contributed by atoms with Crippen LogP contribution in [0.5, 0.6) is 0 Å². The van der Waals surface area contributed by atoms with Crippen molar-refractivity contribution in [3.05, 3.63) is 29.8 Å². The highest BCUT2D eigenvalue weighted by molar-refractivity contribution is 7.89. The second kappa shape index (κ2) is 7.45. The van der Waals surface area contributed by atoms with Gasteiger partial charge in [-0.2, -0.15) is 4.31 Å². The number of amides is 1. The fourth-order valence-corrected chi connectivity index (χ4v) is 4.44. The molecule has 128 valence electrons. The predicted molar refractivity (Wildman–Crippen MR) is 90.8 cm³/mol. The van der Waals surface area contributed by atoms with Gasteiger partial charge in [-0.3, -0.25) is 4.79 Å². The first-order valence-electron chi connectivity index (χ1n) is 8.22. The minimum Gasteiger partial charge on any atom is -0.352 e. The van der Waals surface area contributed by atoms with E-state index in [4.69, 9.17) is 0 Å². The Morgan fingerprint density at radius 2 is 1.91 bits per heavy atom. The highest BCUT2D eigenvalue weighted by Crippen LogP contribution is 2.25. The van der Waals surface area contributed by atoms with Crippen molar-refractivity contribution < 1.29 is 13.2 Å². The van der Waals surface area contributed by atoms with Gasteiger partial charge >= 0.3 is 0 Å². The Hall–Kier alpha value is -1.40. The molecule has 0 aliphatic carbocycles. The zero-order valence-corrected chi connectivity index (χ0v) is 14.9. The topological polar surface area (TPSA) is 66.5 Å². The quantitative estimate of drug-likeness (QED) is 0.897. The zero-order chi connectivity index (χ0) is 17.0. The summed E-state index contributed by atoms with van der Waals surface area (Å²) >= 11 is 0. The van der Waals surface area contributed by atoms with Crippen LogP contribution < -0.4 is 5.32 Å². The smallest absolute Gasteiger partial charge is 0.251 e. The largest absolute Gasteiger partial charge is 0.352 e. The normalized spacial score (nSPS) is 19.7. The molecule has 1 aromatic rings. The average Bonchev–Trinajstić information content (AvgIpc) is 2.53. The molecule has 1 N–H and O–H groups in total. The second-order valence-electron chi connectivity index (χ2n) is 6.59. The van der Waals surface area contributed by atoms with Crippen molar-refractivity contribution in [1.29, 1.82) is 0 Å². The summed E-state index contributed by atoms with van der Waals surface area (Å²) in [5, 5.41) is 2.83. The maximum atomic E-state index is 12.7. The number of carbonyl (C=O) groups excluding carboxylic acids is 1. The van der Waals surface area contributed by atoms with E-state index in [0.29, 0.717) is 24.6 Å². The van der Waals surface area contributed by atoms with Crippen LogP contribution in [0.4, 0.5) is 0 Å². The zero-order valence-electron chi connectivity index (χ0n) is 14.1. The highest BCUT2D eigenvalue weighted by Gasteiger charge is 2.30. The Kier molecular flexibility index (Phi) is 5.81. The second-order valence-corrected chi connectivity index (χ2v) is 8.48. The summed E-state index contributed by atoms with van der Waals surface area (Å²) in [7, 11) is -3.48. The van der Waals surface area contributed by atoms with Crippen molar-refractivity contribution in [2.24, 2.45) is 5.92 Å². The minimum absolute atomic E-state index is 0.0303. The maximum absolute atomic E-state index is 12.7. The number of carbonyl (C=O) groups is 1. The van der Waals surface area contributed by atoms with E-state index in [-0.39, 0.29) is 16.8 Å². The van der Waals surface area contributed by atoms with E-state index in [2.05, 4.69) is 5.32 Å². The van der Waals surface area contributed by atoms with Crippen LogP contribution >= 0.6 is 0 Å². The van der Waals surface area contributed by atoms with Crippen molar-refractivity contribution in [3.8, 4) is 0 Å². The van der Waals surface area contributed by atoms with Crippen LogP contribution in [0.1, 0.15) is 50.4 Å². The Morgan fingerprint density at radius 1 is 1.26 bits per heavy atom. The number of nitrogens with one attached hydrogen (secondary N) is 1. The number of hydrogen-bond acceptors (Lipinski definition) is 3. The van der Waals surface area contributed by atoms with E-state index in [1.54, 1.807) is 16.4 Å². The van der Waals surface area contributed by atoms with Crippen LogP contribution in [-0.2, 0) is 10.0 Å². The molecular weight excluding hydrogens is 312 g/mol. The van der Waals surface area contributed by atoms with Crippen LogP contribution in [0.2, 0.25) is 0 Å². The third-order valence-corrected chi connectivity index (χ3v) is 6.16. The molecule has 0 saturated carbocycles. The van der Waals surface area contributed by atoms with Crippen LogP contribution in [0.15, 0.2) is 29.2 Å². The highest BCUT2D eigenvalue weighted by atomic mass is 32.2. The van der Waals surface area contributed by atoms with Gasteiger partial charge in [-0.1, -0.05) is 20.3 Å². The molecule has 6 heteroatoms. The van der Waals surface area contributed by atoms with E-state index in [1.165, 1.54) is 12.1 Å². The van der Waals surface area contributed by atoms with E-state index >= 15 is 0 Å². The summed E-state index contributed by atoms with van der Waals surface area (Å²) in [6.45, 7) is 7.17. The summed E-state index contributed by atoms with van der Waals surface area (Å²) in [6.07, 6.45) is 2.87. The molecule has 1 unspecified atom stereocenters. The first-order chi connectivity index (χ1) is 10.8. The lowest BCUT2D eigenvalue weighted by Crippen LogP contribution is -2.41. The monoisotopic (exact) mass is 338 g/mol. The van der Waals surface area contributed by atoms with Crippen molar-refractivity contribution in [1.82, 2.24) is 9.62 Å². The lowest BCUT2D eigenvalue weighted by Gasteiger charge is -2.32. The Balaban J connectivity index is 2.13. The van der Waals surface area contributed by atoms with Gasteiger partial charge in [0.15, 0.2) is 0 Å². The SMILES string of the molecule is CC(C)CNC(=O)c1ccc(S(=O)(=O)N2CCCCC2C)cc1. The van der Waals surface area contributed by atoms with Gasteiger partial charge in [0.1, 0.15) is 0 Å². The summed E-state index contributed by atoms with van der Waals surface area (Å²) in [4.78, 5) is 12.2. The van der Waals surface area contributed by atoms with Crippen molar-refractivity contribution >= 4 is 15.9 Å². The molecule has 0 radical (unpaired) electrons. The molecule has 0 bridgehead atoms. The number of rotatable bonds is 5. The van der Waals surface area contributed by atoms with Crippen LogP contribution in [-0.4, -0.2) is 37.8 Å². The minimum atomic E-state index is -3.48. The molecule has 1 aliphatic rings. The van der Waals surface area contributed by atoms with Gasteiger partial charge in [0.05, 0.1) is 4.90 Å². The van der Waals surface area contributed by atoms with Crippen LogP contribution in [0.3, 0.4) is 0 Å². The van der Waals surface area contributed by atoms with E-state index < -0.39 is 10.0 Å². The van der Waals surface area contributed by atoms with Crippen LogP contribution in [0, 0.1) is 5.92 Å². The van der Waals surface area contributed by atoms with Gasteiger partial charge in [0.25, 0.3) is 5.91 Å². The van der Waals surface area contributed by atoms with Gasteiger partial charge in [-0.25, -0.2) is 8.42 Å². The van der Waals surface area contributed by atoms with Gasteiger partial charge in [0.2, 0.25) is 10.0 Å². The molecule has 5 nitrogen and oxygen atoms in total. The summed E-state index contributed by atoms with van der Waals surface area (Å²) in [5.41, 5.74) is 0.483. The first kappa shape index (κ1) is 17.9. The summed E-state index contributed by atoms with van der Waals surface area (Å²) in [6, 6.07) is 6.25. The molecular formula is C17H26N2O3S. The molecule has 1 heterocycles. The Bertz CT molecular complexity index is 638. The molecule has 0 aromatic heterocycles. The molecule has 1 aromatic carbocycles. The van der Waals surface area contributed by atoms with Crippen molar-refractivity contribution in [2.75, 3.05) is 13.1 Å². The lowest BCUT2D eigenvalue weighted by atomic mass is 10.1. The average molecular weight is 338 g/mol. The number of piperidine rings is 1. The molecule has 1 fully saturated rings. The molecule has 2 rings (SSSR count). The third kappa shape index (κ3) is 4.32. The number of nitrogens with zero attached hydrogens (tertiary/aromatic N) is 1. The molecule has 0 spiro atoms. The third-order valence-electron chi connectivity index (χ3n) is 4.14. The van der Waals surface area contributed by atoms with Gasteiger partial charge in [-0.05, 0) is 49.9 Å². The van der Waals surface area contributed by atoms with Gasteiger partial charge in [-0.15, -0.1) is 0 Å². The molecule has 1 aliphatic heterocycles. The van der Waals surface area contributed by atoms with E-state index in [1.807, 2.05) is 20.8 Å². The standard InChI is InChI=1S/C17H26N2O3S/c1-13(2)12-18-17(20)15-7-9-16(10-8-15)23(21,22)19-11-5-4-6-14(19)3/h7-10,13-14H,4-6,11-12H2,1-3H3,(H,18,20). The maximum Gasteiger partial charge on any atom is 0.251 e. The van der Waals surface area contributed by atoms with Crippen molar-refractivity contribution in [3.63, 3.8) is 0 Å². The predicted octanol–water partition coefficient (Wildman–Crippen LogP) is 2.64. The molecule has 1 amide bonds. The van der Waals surface area contributed by atoms with Gasteiger partial charge < -0.3 is 5.32 Å². The number of hydrogen-bond donors (Lipinski definition) is 1. The van der Waals surface area contributed by atoms with Crippen molar-refractivity contribution in [2.45, 2.75) is 51.0 Å². The Labute approximate surface area is 139 Å². The first-order valence-corrected chi connectivity index (χ1v) is 9.66. The lowest BCUT2D eigenvalue weighted by molar-refractivity contribution is 0.0949. The molecule has 23 heavy (non-hydrogen) atoms. The Morgan fingerprint density at radius 3 is 2.48 bits per heavy atom. The number of benzene rings is 1. The number of sulfonamides is 1. The molecule has 1 saturated heterocycles. The fourth-order valence-electron chi connectivity index (χ4n) is 2.74. The summed E-state index contributed by atoms with van der Waals surface area (Å²) in [5.74, 6) is 0.202. The van der Waals surface area contributed by atoms with E-state index in [0.717, 1.165) is 19.3 Å². The van der Waals surface area contributed by atoms with Crippen LogP contribution in [0.25, 0.3) is 0 Å². The van der Waals surface area contributed by atoms with Gasteiger partial charge in [0, 0.05) is 24.7 Å². The van der Waals surface area contributed by atoms with E-state index in [9.17, 15) is 13.2 Å². The summed E-state index contributed by atoms with van der Waals surface area (Å²) < 4.78 is 27.0. The molecule has 1 atom stereocenters.